The summed E-state index contributed by atoms with van der Waals surface area (Å²) in [6.45, 7) is 2.57. The monoisotopic (exact) mass is 269 g/mol. The van der Waals surface area contributed by atoms with Crippen molar-refractivity contribution in [3.05, 3.63) is 34.2 Å². The number of alkyl halides is 1. The van der Waals surface area contributed by atoms with E-state index < -0.39 is 0 Å². The third-order valence-electron chi connectivity index (χ3n) is 2.22. The predicted molar refractivity (Wildman–Crippen MR) is 67.6 cm³/mol. The van der Waals surface area contributed by atoms with Gasteiger partial charge in [0.25, 0.3) is 0 Å². The molecule has 0 radical (unpaired) electrons. The first-order chi connectivity index (χ1) is 8.29. The van der Waals surface area contributed by atoms with Crippen LogP contribution in [-0.2, 0) is 12.3 Å². The maximum absolute atomic E-state index is 5.67. The minimum Gasteiger partial charge on any atom is -0.476 e. The molecule has 2 rings (SSSR count). The summed E-state index contributed by atoms with van der Waals surface area (Å²) < 4.78 is 5.52. The zero-order valence-corrected chi connectivity index (χ0v) is 11.0. The molecule has 0 aliphatic heterocycles. The van der Waals surface area contributed by atoms with Crippen LogP contribution in [0.2, 0.25) is 0 Å². The number of aryl methyl sites for hydroxylation is 1. The van der Waals surface area contributed by atoms with Crippen LogP contribution in [0, 0.1) is 6.92 Å². The van der Waals surface area contributed by atoms with Crippen LogP contribution >= 0.6 is 22.9 Å². The lowest BCUT2D eigenvalue weighted by molar-refractivity contribution is 0.308. The molecule has 2 aromatic heterocycles. The van der Waals surface area contributed by atoms with Gasteiger partial charge in [-0.15, -0.1) is 22.9 Å². The molecule has 0 amide bonds. The molecule has 0 spiro atoms. The lowest BCUT2D eigenvalue weighted by atomic mass is 10.3. The SMILES string of the molecule is Cc1ncsc1CCOc1cncc(CCl)n1. The molecule has 2 aromatic rings. The van der Waals surface area contributed by atoms with Crippen molar-refractivity contribution < 1.29 is 4.74 Å². The molecule has 0 bridgehead atoms. The Balaban J connectivity index is 1.87. The van der Waals surface area contributed by atoms with Crippen LogP contribution in [0.1, 0.15) is 16.3 Å². The van der Waals surface area contributed by atoms with Gasteiger partial charge in [0.05, 0.1) is 35.6 Å². The van der Waals surface area contributed by atoms with E-state index in [2.05, 4.69) is 15.0 Å². The minimum absolute atomic E-state index is 0.345. The zero-order chi connectivity index (χ0) is 12.1. The van der Waals surface area contributed by atoms with E-state index in [0.29, 0.717) is 18.4 Å². The fourth-order valence-electron chi connectivity index (χ4n) is 1.33. The van der Waals surface area contributed by atoms with Gasteiger partial charge in [-0.2, -0.15) is 0 Å². The Labute approximate surface area is 109 Å². The Kier molecular flexibility index (Phi) is 4.28. The molecule has 0 saturated heterocycles. The Morgan fingerprint density at radius 1 is 1.41 bits per heavy atom. The van der Waals surface area contributed by atoms with Gasteiger partial charge in [0.2, 0.25) is 5.88 Å². The van der Waals surface area contributed by atoms with E-state index in [1.807, 2.05) is 12.4 Å². The number of aromatic nitrogens is 3. The third kappa shape index (κ3) is 3.38. The molecule has 4 nitrogen and oxygen atoms in total. The summed E-state index contributed by atoms with van der Waals surface area (Å²) >= 11 is 7.31. The first-order valence-electron chi connectivity index (χ1n) is 5.18. The number of halogens is 1. The van der Waals surface area contributed by atoms with Gasteiger partial charge in [0.15, 0.2) is 0 Å². The van der Waals surface area contributed by atoms with E-state index in [9.17, 15) is 0 Å². The average Bonchev–Trinajstić information content (AvgIpc) is 2.76. The summed E-state index contributed by atoms with van der Waals surface area (Å²) in [6.07, 6.45) is 4.06. The van der Waals surface area contributed by atoms with Crippen LogP contribution < -0.4 is 4.74 Å². The first-order valence-corrected chi connectivity index (χ1v) is 6.59. The molecule has 0 aliphatic carbocycles. The molecule has 0 atom stereocenters. The van der Waals surface area contributed by atoms with Crippen LogP contribution in [0.25, 0.3) is 0 Å². The average molecular weight is 270 g/mol. The molecule has 17 heavy (non-hydrogen) atoms. The van der Waals surface area contributed by atoms with Crippen molar-refractivity contribution >= 4 is 22.9 Å². The maximum Gasteiger partial charge on any atom is 0.232 e. The normalized spacial score (nSPS) is 10.5. The van der Waals surface area contributed by atoms with Crippen molar-refractivity contribution in [3.63, 3.8) is 0 Å². The van der Waals surface area contributed by atoms with E-state index >= 15 is 0 Å². The lowest BCUT2D eigenvalue weighted by Gasteiger charge is -2.04. The van der Waals surface area contributed by atoms with Crippen LogP contribution in [0.15, 0.2) is 17.9 Å². The topological polar surface area (TPSA) is 47.9 Å². The van der Waals surface area contributed by atoms with Crippen LogP contribution in [0.3, 0.4) is 0 Å². The van der Waals surface area contributed by atoms with Crippen molar-refractivity contribution in [2.24, 2.45) is 0 Å². The Hall–Kier alpha value is -1.20. The second-order valence-corrected chi connectivity index (χ2v) is 4.65. The summed E-state index contributed by atoms with van der Waals surface area (Å²) in [4.78, 5) is 13.6. The van der Waals surface area contributed by atoms with Crippen LogP contribution in [0.5, 0.6) is 5.88 Å². The third-order valence-corrected chi connectivity index (χ3v) is 3.49. The number of thiazole rings is 1. The molecule has 0 aliphatic rings. The quantitative estimate of drug-likeness (QED) is 0.783. The molecule has 6 heteroatoms. The number of hydrogen-bond acceptors (Lipinski definition) is 5. The van der Waals surface area contributed by atoms with Crippen molar-refractivity contribution in [3.8, 4) is 5.88 Å². The molecule has 0 fully saturated rings. The molecular weight excluding hydrogens is 258 g/mol. The standard InChI is InChI=1S/C11H12ClN3OS/c1-8-10(17-7-14-8)2-3-16-11-6-13-5-9(4-12)15-11/h5-7H,2-4H2,1H3. The van der Waals surface area contributed by atoms with Gasteiger partial charge in [-0.3, -0.25) is 4.98 Å². The highest BCUT2D eigenvalue weighted by atomic mass is 35.5. The van der Waals surface area contributed by atoms with Gasteiger partial charge in [-0.05, 0) is 6.92 Å². The van der Waals surface area contributed by atoms with Gasteiger partial charge in [-0.25, -0.2) is 9.97 Å². The highest BCUT2D eigenvalue weighted by Gasteiger charge is 2.03. The predicted octanol–water partition coefficient (Wildman–Crippen LogP) is 2.60. The Morgan fingerprint density at radius 3 is 3.00 bits per heavy atom. The molecule has 0 saturated carbocycles. The second-order valence-electron chi connectivity index (χ2n) is 3.44. The lowest BCUT2D eigenvalue weighted by Crippen LogP contribution is -2.03. The molecule has 0 unspecified atom stereocenters. The van der Waals surface area contributed by atoms with Crippen molar-refractivity contribution in [1.82, 2.24) is 15.0 Å². The zero-order valence-electron chi connectivity index (χ0n) is 9.39. The molecule has 2 heterocycles. The van der Waals surface area contributed by atoms with Gasteiger partial charge in [0.1, 0.15) is 0 Å². The van der Waals surface area contributed by atoms with Crippen LogP contribution in [-0.4, -0.2) is 21.6 Å². The number of nitrogens with zero attached hydrogens (tertiary/aromatic N) is 3. The van der Waals surface area contributed by atoms with Gasteiger partial charge < -0.3 is 4.74 Å². The van der Waals surface area contributed by atoms with Gasteiger partial charge >= 0.3 is 0 Å². The molecular formula is C11H12ClN3OS. The summed E-state index contributed by atoms with van der Waals surface area (Å²) in [5.41, 5.74) is 3.64. The fourth-order valence-corrected chi connectivity index (χ4v) is 2.23. The summed E-state index contributed by atoms with van der Waals surface area (Å²) in [5, 5.41) is 0. The number of ether oxygens (including phenoxy) is 1. The molecule has 0 N–H and O–H groups in total. The first kappa shape index (κ1) is 12.3. The largest absolute Gasteiger partial charge is 0.476 e. The van der Waals surface area contributed by atoms with E-state index in [-0.39, 0.29) is 0 Å². The second kappa shape index (κ2) is 5.93. The van der Waals surface area contributed by atoms with E-state index in [0.717, 1.165) is 17.8 Å². The minimum atomic E-state index is 0.345. The Bertz CT molecular complexity index is 489. The van der Waals surface area contributed by atoms with E-state index in [1.165, 1.54) is 4.88 Å². The van der Waals surface area contributed by atoms with Crippen LogP contribution in [0.4, 0.5) is 0 Å². The van der Waals surface area contributed by atoms with Gasteiger partial charge in [0, 0.05) is 17.5 Å². The van der Waals surface area contributed by atoms with Gasteiger partial charge in [-0.1, -0.05) is 0 Å². The highest BCUT2D eigenvalue weighted by Crippen LogP contribution is 2.13. The van der Waals surface area contributed by atoms with E-state index in [4.69, 9.17) is 16.3 Å². The van der Waals surface area contributed by atoms with Crippen molar-refractivity contribution in [2.45, 2.75) is 19.2 Å². The smallest absolute Gasteiger partial charge is 0.232 e. The molecule has 0 aromatic carbocycles. The maximum atomic E-state index is 5.67. The summed E-state index contributed by atoms with van der Waals surface area (Å²) in [6, 6.07) is 0. The highest BCUT2D eigenvalue weighted by molar-refractivity contribution is 7.09. The summed E-state index contributed by atoms with van der Waals surface area (Å²) in [5.74, 6) is 0.864. The van der Waals surface area contributed by atoms with E-state index in [1.54, 1.807) is 23.7 Å². The fraction of sp³-hybridized carbons (Fsp3) is 0.364. The summed E-state index contributed by atoms with van der Waals surface area (Å²) in [7, 11) is 0. The Morgan fingerprint density at radius 2 is 2.29 bits per heavy atom. The molecule has 90 valence electrons. The number of rotatable bonds is 5. The number of hydrogen-bond donors (Lipinski definition) is 0. The van der Waals surface area contributed by atoms with Crippen molar-refractivity contribution in [2.75, 3.05) is 6.61 Å². The van der Waals surface area contributed by atoms with Crippen molar-refractivity contribution in [1.29, 1.82) is 0 Å².